The van der Waals surface area contributed by atoms with Crippen LogP contribution in [0.15, 0.2) is 60.0 Å². The minimum atomic E-state index is -4.35. The van der Waals surface area contributed by atoms with E-state index in [1.807, 2.05) is 0 Å². The van der Waals surface area contributed by atoms with Crippen LogP contribution in [0.2, 0.25) is 0 Å². The molecular formula is C17H16F2N4O2S. The van der Waals surface area contributed by atoms with Gasteiger partial charge in [0.25, 0.3) is 0 Å². The summed E-state index contributed by atoms with van der Waals surface area (Å²) in [7, 11) is -3.06. The molecule has 0 unspecified atom stereocenters. The molecule has 0 bridgehead atoms. The Morgan fingerprint density at radius 1 is 1.08 bits per heavy atom. The molecule has 0 aliphatic heterocycles. The lowest BCUT2D eigenvalue weighted by Gasteiger charge is -2.25. The number of sulfonamides is 1. The highest BCUT2D eigenvalue weighted by atomic mass is 32.2. The Kier molecular flexibility index (Phi) is 4.84. The minimum absolute atomic E-state index is 0.635. The Morgan fingerprint density at radius 2 is 1.69 bits per heavy atom. The molecule has 0 saturated carbocycles. The van der Waals surface area contributed by atoms with Gasteiger partial charge < -0.3 is 0 Å². The van der Waals surface area contributed by atoms with E-state index in [4.69, 9.17) is 0 Å². The van der Waals surface area contributed by atoms with Gasteiger partial charge in [0.2, 0.25) is 10.0 Å². The van der Waals surface area contributed by atoms with Crippen molar-refractivity contribution in [2.24, 2.45) is 0 Å². The van der Waals surface area contributed by atoms with Crippen LogP contribution in [0, 0.1) is 11.6 Å². The van der Waals surface area contributed by atoms with E-state index < -0.39 is 32.6 Å². The van der Waals surface area contributed by atoms with E-state index in [1.165, 1.54) is 19.7 Å². The highest BCUT2D eigenvalue weighted by Gasteiger charge is 2.31. The molecule has 1 heterocycles. The molecule has 1 aromatic heterocycles. The number of aromatic nitrogens is 3. The summed E-state index contributed by atoms with van der Waals surface area (Å²) in [5.41, 5.74) is 1.42. The highest BCUT2D eigenvalue weighted by molar-refractivity contribution is 7.89. The second kappa shape index (κ2) is 6.93. The van der Waals surface area contributed by atoms with Gasteiger partial charge in [0.05, 0.1) is 5.69 Å². The van der Waals surface area contributed by atoms with Crippen LogP contribution in [0.1, 0.15) is 18.5 Å². The summed E-state index contributed by atoms with van der Waals surface area (Å²) in [6.45, 7) is 1.64. The summed E-state index contributed by atoms with van der Waals surface area (Å²) in [5, 5.41) is 4.01. The number of halogens is 2. The number of benzene rings is 2. The van der Waals surface area contributed by atoms with Crippen molar-refractivity contribution in [2.45, 2.75) is 17.9 Å². The largest absolute Gasteiger partial charge is 0.249 e. The standard InChI is InChI=1S/C17H16F2N4O2S/c1-12(13-6-8-14(9-7-13)23-11-20-10-21-23)22(2)26(24,25)17-15(18)4-3-5-16(17)19/h3-12H,1-2H3/t12-/m0/s1. The molecule has 0 spiro atoms. The Hall–Kier alpha value is -2.65. The van der Waals surface area contributed by atoms with Gasteiger partial charge in [0, 0.05) is 13.1 Å². The summed E-state index contributed by atoms with van der Waals surface area (Å²) in [4.78, 5) is 2.91. The SMILES string of the molecule is C[C@@H](c1ccc(-n2cncn2)cc1)N(C)S(=O)(=O)c1c(F)cccc1F. The zero-order valence-electron chi connectivity index (χ0n) is 14.0. The number of rotatable bonds is 5. The minimum Gasteiger partial charge on any atom is -0.223 e. The van der Waals surface area contributed by atoms with Gasteiger partial charge in [0.15, 0.2) is 4.90 Å². The van der Waals surface area contributed by atoms with Crippen molar-refractivity contribution in [3.63, 3.8) is 0 Å². The monoisotopic (exact) mass is 378 g/mol. The molecule has 0 aliphatic carbocycles. The highest BCUT2D eigenvalue weighted by Crippen LogP contribution is 2.29. The predicted octanol–water partition coefficient (Wildman–Crippen LogP) is 2.93. The van der Waals surface area contributed by atoms with Crippen LogP contribution in [-0.4, -0.2) is 34.5 Å². The van der Waals surface area contributed by atoms with Gasteiger partial charge in [0.1, 0.15) is 24.3 Å². The Balaban J connectivity index is 1.90. The molecule has 0 aliphatic rings. The first kappa shape index (κ1) is 18.2. The maximum Gasteiger partial charge on any atom is 0.249 e. The normalized spacial score (nSPS) is 13.1. The van der Waals surface area contributed by atoms with Crippen molar-refractivity contribution in [1.29, 1.82) is 0 Å². The molecule has 136 valence electrons. The molecule has 6 nitrogen and oxygen atoms in total. The first-order chi connectivity index (χ1) is 12.3. The van der Waals surface area contributed by atoms with E-state index >= 15 is 0 Å². The summed E-state index contributed by atoms with van der Waals surface area (Å²) in [6.07, 6.45) is 2.94. The first-order valence-corrected chi connectivity index (χ1v) is 9.13. The van der Waals surface area contributed by atoms with E-state index in [9.17, 15) is 17.2 Å². The van der Waals surface area contributed by atoms with Crippen LogP contribution in [0.4, 0.5) is 8.78 Å². The lowest BCUT2D eigenvalue weighted by molar-refractivity contribution is 0.390. The van der Waals surface area contributed by atoms with Crippen LogP contribution in [0.3, 0.4) is 0 Å². The molecule has 9 heteroatoms. The summed E-state index contributed by atoms with van der Waals surface area (Å²) < 4.78 is 55.7. The number of nitrogens with zero attached hydrogens (tertiary/aromatic N) is 4. The van der Waals surface area contributed by atoms with Crippen molar-refractivity contribution in [1.82, 2.24) is 19.1 Å². The fraction of sp³-hybridized carbons (Fsp3) is 0.176. The van der Waals surface area contributed by atoms with Gasteiger partial charge in [-0.25, -0.2) is 26.9 Å². The van der Waals surface area contributed by atoms with Crippen LogP contribution in [-0.2, 0) is 10.0 Å². The lowest BCUT2D eigenvalue weighted by atomic mass is 10.1. The molecule has 3 rings (SSSR count). The van der Waals surface area contributed by atoms with Crippen molar-refractivity contribution >= 4 is 10.0 Å². The average Bonchev–Trinajstić information content (AvgIpc) is 3.15. The third-order valence-electron chi connectivity index (χ3n) is 4.16. The molecule has 1 atom stereocenters. The van der Waals surface area contributed by atoms with E-state index in [-0.39, 0.29) is 0 Å². The van der Waals surface area contributed by atoms with Crippen molar-refractivity contribution < 1.29 is 17.2 Å². The molecule has 3 aromatic rings. The van der Waals surface area contributed by atoms with Gasteiger partial charge in [-0.15, -0.1) is 0 Å². The van der Waals surface area contributed by atoms with Gasteiger partial charge >= 0.3 is 0 Å². The van der Waals surface area contributed by atoms with Gasteiger partial charge in [-0.1, -0.05) is 18.2 Å². The summed E-state index contributed by atoms with van der Waals surface area (Å²) >= 11 is 0. The second-order valence-corrected chi connectivity index (χ2v) is 7.61. The summed E-state index contributed by atoms with van der Waals surface area (Å²) in [6, 6.07) is 9.29. The van der Waals surface area contributed by atoms with Crippen molar-refractivity contribution in [3.05, 3.63) is 72.3 Å². The van der Waals surface area contributed by atoms with Crippen molar-refractivity contribution in [2.75, 3.05) is 7.05 Å². The number of hydrogen-bond donors (Lipinski definition) is 0. The molecular weight excluding hydrogens is 362 g/mol. The predicted molar refractivity (Wildman–Crippen MR) is 91.1 cm³/mol. The Labute approximate surface area is 149 Å². The van der Waals surface area contributed by atoms with E-state index in [1.54, 1.807) is 35.9 Å². The molecule has 0 fully saturated rings. The van der Waals surface area contributed by atoms with Crippen LogP contribution >= 0.6 is 0 Å². The Morgan fingerprint density at radius 3 is 2.23 bits per heavy atom. The molecule has 26 heavy (non-hydrogen) atoms. The molecule has 2 aromatic carbocycles. The molecule has 0 amide bonds. The third kappa shape index (κ3) is 3.23. The molecule has 0 radical (unpaired) electrons. The quantitative estimate of drug-likeness (QED) is 0.685. The van der Waals surface area contributed by atoms with Gasteiger partial charge in [-0.05, 0) is 36.8 Å². The zero-order chi connectivity index (χ0) is 18.9. The average molecular weight is 378 g/mol. The zero-order valence-corrected chi connectivity index (χ0v) is 14.9. The topological polar surface area (TPSA) is 68.1 Å². The number of hydrogen-bond acceptors (Lipinski definition) is 4. The molecule has 0 saturated heterocycles. The summed E-state index contributed by atoms with van der Waals surface area (Å²) in [5.74, 6) is -2.24. The maximum atomic E-state index is 13.9. The molecule has 0 N–H and O–H groups in total. The van der Waals surface area contributed by atoms with Gasteiger partial charge in [-0.3, -0.25) is 0 Å². The third-order valence-corrected chi connectivity index (χ3v) is 6.14. The second-order valence-electron chi connectivity index (χ2n) is 5.68. The van der Waals surface area contributed by atoms with E-state index in [0.29, 0.717) is 5.56 Å². The van der Waals surface area contributed by atoms with E-state index in [0.717, 1.165) is 28.2 Å². The fourth-order valence-corrected chi connectivity index (χ4v) is 3.99. The van der Waals surface area contributed by atoms with Crippen LogP contribution < -0.4 is 0 Å². The smallest absolute Gasteiger partial charge is 0.223 e. The van der Waals surface area contributed by atoms with Crippen LogP contribution in [0.25, 0.3) is 5.69 Å². The fourth-order valence-electron chi connectivity index (χ4n) is 2.54. The van der Waals surface area contributed by atoms with Crippen LogP contribution in [0.5, 0.6) is 0 Å². The lowest BCUT2D eigenvalue weighted by Crippen LogP contribution is -2.31. The maximum absolute atomic E-state index is 13.9. The Bertz CT molecular complexity index is 986. The first-order valence-electron chi connectivity index (χ1n) is 7.69. The van der Waals surface area contributed by atoms with Gasteiger partial charge in [-0.2, -0.15) is 9.40 Å². The van der Waals surface area contributed by atoms with Crippen molar-refractivity contribution in [3.8, 4) is 5.69 Å². The van der Waals surface area contributed by atoms with E-state index in [2.05, 4.69) is 10.1 Å².